The average molecular weight is 277 g/mol. The van der Waals surface area contributed by atoms with Crippen molar-refractivity contribution in [1.82, 2.24) is 0 Å². The average Bonchev–Trinajstić information content (AvgIpc) is 2.04. The van der Waals surface area contributed by atoms with Crippen LogP contribution in [0.15, 0.2) is 28.7 Å². The van der Waals surface area contributed by atoms with Gasteiger partial charge >= 0.3 is 0 Å². The summed E-state index contributed by atoms with van der Waals surface area (Å²) in [6, 6.07) is 7.14. The normalized spacial score (nSPS) is 11.1. The molecular formula is C9H4BrCl2N. The van der Waals surface area contributed by atoms with Gasteiger partial charge in [0.2, 0.25) is 0 Å². The van der Waals surface area contributed by atoms with Crippen molar-refractivity contribution < 1.29 is 0 Å². The SMILES string of the molecule is N#C/C=C(\Cl)c1ccc(Br)cc1Cl. The Kier molecular flexibility index (Phi) is 3.80. The van der Waals surface area contributed by atoms with Crippen LogP contribution in [0.2, 0.25) is 5.02 Å². The van der Waals surface area contributed by atoms with E-state index in [9.17, 15) is 0 Å². The largest absolute Gasteiger partial charge is 0.193 e. The van der Waals surface area contributed by atoms with E-state index in [4.69, 9.17) is 28.5 Å². The van der Waals surface area contributed by atoms with Crippen LogP contribution in [-0.2, 0) is 0 Å². The third-order valence-corrected chi connectivity index (χ3v) is 2.50. The van der Waals surface area contributed by atoms with E-state index in [0.29, 0.717) is 15.6 Å². The molecule has 1 aromatic carbocycles. The number of benzene rings is 1. The van der Waals surface area contributed by atoms with Crippen molar-refractivity contribution in [2.24, 2.45) is 0 Å². The smallest absolute Gasteiger partial charge is 0.0927 e. The fraction of sp³-hybridized carbons (Fsp3) is 0. The van der Waals surface area contributed by atoms with E-state index < -0.39 is 0 Å². The third-order valence-electron chi connectivity index (χ3n) is 1.38. The Labute approximate surface area is 94.7 Å². The van der Waals surface area contributed by atoms with E-state index in [1.165, 1.54) is 6.08 Å². The van der Waals surface area contributed by atoms with E-state index in [0.717, 1.165) is 4.47 Å². The zero-order chi connectivity index (χ0) is 9.84. The first-order chi connectivity index (χ1) is 6.15. The van der Waals surface area contributed by atoms with Crippen LogP contribution in [0.25, 0.3) is 5.03 Å². The molecule has 1 rings (SSSR count). The van der Waals surface area contributed by atoms with E-state index in [1.807, 2.05) is 12.1 Å². The molecule has 0 saturated carbocycles. The molecule has 0 aliphatic carbocycles. The van der Waals surface area contributed by atoms with Crippen LogP contribution in [0.3, 0.4) is 0 Å². The summed E-state index contributed by atoms with van der Waals surface area (Å²) in [6.45, 7) is 0. The first-order valence-corrected chi connectivity index (χ1v) is 4.90. The number of rotatable bonds is 1. The number of hydrogen-bond donors (Lipinski definition) is 0. The van der Waals surface area contributed by atoms with E-state index in [1.54, 1.807) is 12.1 Å². The second-order valence-electron chi connectivity index (χ2n) is 2.25. The molecule has 4 heteroatoms. The predicted octanol–water partition coefficient (Wildman–Crippen LogP) is 4.21. The Bertz CT molecular complexity index is 393. The lowest BCUT2D eigenvalue weighted by Crippen LogP contribution is -1.79. The van der Waals surface area contributed by atoms with Crippen LogP contribution in [-0.4, -0.2) is 0 Å². The standard InChI is InChI=1S/C9H4BrCl2N/c10-6-1-2-7(9(12)5-6)8(11)3-4-13/h1-3,5H/b8-3-. The van der Waals surface area contributed by atoms with Gasteiger partial charge in [-0.2, -0.15) is 5.26 Å². The zero-order valence-corrected chi connectivity index (χ0v) is 9.49. The molecule has 0 unspecified atom stereocenters. The van der Waals surface area contributed by atoms with Gasteiger partial charge < -0.3 is 0 Å². The van der Waals surface area contributed by atoms with E-state index in [-0.39, 0.29) is 0 Å². The van der Waals surface area contributed by atoms with E-state index >= 15 is 0 Å². The summed E-state index contributed by atoms with van der Waals surface area (Å²) in [5, 5.41) is 9.25. The maximum absolute atomic E-state index is 8.38. The molecule has 13 heavy (non-hydrogen) atoms. The highest BCUT2D eigenvalue weighted by Gasteiger charge is 2.03. The van der Waals surface area contributed by atoms with Crippen LogP contribution < -0.4 is 0 Å². The molecule has 0 aliphatic rings. The van der Waals surface area contributed by atoms with Gasteiger partial charge in [-0.15, -0.1) is 0 Å². The highest BCUT2D eigenvalue weighted by atomic mass is 79.9. The van der Waals surface area contributed by atoms with Crippen molar-refractivity contribution in [3.63, 3.8) is 0 Å². The van der Waals surface area contributed by atoms with Crippen molar-refractivity contribution >= 4 is 44.2 Å². The van der Waals surface area contributed by atoms with Crippen LogP contribution in [0, 0.1) is 11.3 Å². The molecule has 1 nitrogen and oxygen atoms in total. The number of allylic oxidation sites excluding steroid dienone is 1. The van der Waals surface area contributed by atoms with Gasteiger partial charge in [-0.05, 0) is 12.1 Å². The van der Waals surface area contributed by atoms with Crippen molar-refractivity contribution in [2.45, 2.75) is 0 Å². The number of halogens is 3. The molecule has 0 radical (unpaired) electrons. The summed E-state index contributed by atoms with van der Waals surface area (Å²) >= 11 is 15.0. The first-order valence-electron chi connectivity index (χ1n) is 3.36. The molecule has 0 bridgehead atoms. The summed E-state index contributed by atoms with van der Waals surface area (Å²) in [5.41, 5.74) is 0.660. The molecule has 66 valence electrons. The van der Waals surface area contributed by atoms with Crippen LogP contribution >= 0.6 is 39.1 Å². The van der Waals surface area contributed by atoms with Crippen molar-refractivity contribution in [1.29, 1.82) is 5.26 Å². The maximum atomic E-state index is 8.38. The molecule has 1 aromatic rings. The molecule has 0 heterocycles. The van der Waals surface area contributed by atoms with Gasteiger partial charge in [0.05, 0.1) is 16.1 Å². The molecule has 0 aromatic heterocycles. The molecular weight excluding hydrogens is 273 g/mol. The maximum Gasteiger partial charge on any atom is 0.0927 e. The lowest BCUT2D eigenvalue weighted by atomic mass is 10.2. The number of nitriles is 1. The van der Waals surface area contributed by atoms with Gasteiger partial charge in [0.25, 0.3) is 0 Å². The fourth-order valence-electron chi connectivity index (χ4n) is 0.818. The van der Waals surface area contributed by atoms with Crippen LogP contribution in [0.4, 0.5) is 0 Å². The van der Waals surface area contributed by atoms with Gasteiger partial charge in [-0.1, -0.05) is 45.2 Å². The van der Waals surface area contributed by atoms with Gasteiger partial charge in [-0.25, -0.2) is 0 Å². The highest BCUT2D eigenvalue weighted by molar-refractivity contribution is 9.10. The van der Waals surface area contributed by atoms with Crippen molar-refractivity contribution in [2.75, 3.05) is 0 Å². The van der Waals surface area contributed by atoms with Crippen molar-refractivity contribution in [3.05, 3.63) is 39.3 Å². The summed E-state index contributed by atoms with van der Waals surface area (Å²) in [7, 11) is 0. The van der Waals surface area contributed by atoms with Gasteiger partial charge in [0.1, 0.15) is 0 Å². The zero-order valence-electron chi connectivity index (χ0n) is 6.39. The second kappa shape index (κ2) is 4.66. The Morgan fingerprint density at radius 2 is 2.23 bits per heavy atom. The Morgan fingerprint density at radius 1 is 1.54 bits per heavy atom. The van der Waals surface area contributed by atoms with E-state index in [2.05, 4.69) is 15.9 Å². The molecule has 0 N–H and O–H groups in total. The van der Waals surface area contributed by atoms with Gasteiger partial charge in [0.15, 0.2) is 0 Å². The summed E-state index contributed by atoms with van der Waals surface area (Å²) < 4.78 is 0.877. The Morgan fingerprint density at radius 3 is 2.77 bits per heavy atom. The topological polar surface area (TPSA) is 23.8 Å². The molecule has 0 saturated heterocycles. The number of nitrogens with zero attached hydrogens (tertiary/aromatic N) is 1. The van der Waals surface area contributed by atoms with Gasteiger partial charge in [0, 0.05) is 16.1 Å². The monoisotopic (exact) mass is 275 g/mol. The first kappa shape index (κ1) is 10.6. The minimum Gasteiger partial charge on any atom is -0.193 e. The van der Waals surface area contributed by atoms with Crippen LogP contribution in [0.5, 0.6) is 0 Å². The molecule has 0 atom stereocenters. The third kappa shape index (κ3) is 2.73. The summed E-state index contributed by atoms with van der Waals surface area (Å²) in [5.74, 6) is 0. The summed E-state index contributed by atoms with van der Waals surface area (Å²) in [6.07, 6.45) is 1.25. The Hall–Kier alpha value is -0.490. The Balaban J connectivity index is 3.18. The fourth-order valence-corrected chi connectivity index (χ4v) is 1.85. The van der Waals surface area contributed by atoms with Crippen LogP contribution in [0.1, 0.15) is 5.56 Å². The molecule has 0 spiro atoms. The molecule has 0 aliphatic heterocycles. The minimum absolute atomic E-state index is 0.347. The highest BCUT2D eigenvalue weighted by Crippen LogP contribution is 2.29. The lowest BCUT2D eigenvalue weighted by molar-refractivity contribution is 1.53. The molecule has 0 amide bonds. The van der Waals surface area contributed by atoms with Gasteiger partial charge in [-0.3, -0.25) is 0 Å². The minimum atomic E-state index is 0.347. The lowest BCUT2D eigenvalue weighted by Gasteiger charge is -2.01. The number of hydrogen-bond acceptors (Lipinski definition) is 1. The quantitative estimate of drug-likeness (QED) is 0.705. The predicted molar refractivity (Wildman–Crippen MR) is 58.6 cm³/mol. The van der Waals surface area contributed by atoms with Crippen molar-refractivity contribution in [3.8, 4) is 6.07 Å². The molecule has 0 fully saturated rings. The summed E-state index contributed by atoms with van der Waals surface area (Å²) in [4.78, 5) is 0. The second-order valence-corrected chi connectivity index (χ2v) is 3.98.